The van der Waals surface area contributed by atoms with E-state index in [0.29, 0.717) is 6.42 Å². The molecule has 0 aliphatic heterocycles. The maximum Gasteiger partial charge on any atom is 0.121 e. The maximum absolute atomic E-state index is 9.68. The first kappa shape index (κ1) is 6.23. The third-order valence-electron chi connectivity index (χ3n) is 0.734. The number of aldehydes is 1. The van der Waals surface area contributed by atoms with E-state index in [4.69, 9.17) is 6.42 Å². The van der Waals surface area contributed by atoms with Crippen molar-refractivity contribution in [3.05, 3.63) is 0 Å². The molecule has 0 saturated heterocycles. The summed E-state index contributed by atoms with van der Waals surface area (Å²) in [6.07, 6.45) is 6.27. The molecule has 1 unspecified atom stereocenters. The van der Waals surface area contributed by atoms with Crippen molar-refractivity contribution in [1.29, 1.82) is 0 Å². The Kier molecular flexibility index (Phi) is 3.04. The Balaban J connectivity index is 3.21. The van der Waals surface area contributed by atoms with Crippen molar-refractivity contribution in [1.82, 2.24) is 0 Å². The van der Waals surface area contributed by atoms with Crippen LogP contribution in [0.3, 0.4) is 0 Å². The summed E-state index contributed by atoms with van der Waals surface area (Å²) in [4.78, 5) is 9.68. The van der Waals surface area contributed by atoms with E-state index in [-0.39, 0.29) is 5.92 Å². The van der Waals surface area contributed by atoms with Gasteiger partial charge in [-0.05, 0) is 0 Å². The van der Waals surface area contributed by atoms with Gasteiger partial charge >= 0.3 is 0 Å². The number of carbonyl (C=O) groups excluding carboxylic acids is 1. The smallest absolute Gasteiger partial charge is 0.121 e. The lowest BCUT2D eigenvalue weighted by atomic mass is 10.1. The highest BCUT2D eigenvalue weighted by molar-refractivity contribution is 5.50. The van der Waals surface area contributed by atoms with Gasteiger partial charge in [0.25, 0.3) is 0 Å². The predicted molar refractivity (Wildman–Crippen MR) is 28.7 cm³/mol. The monoisotopic (exact) mass is 96.1 g/mol. The zero-order valence-electron chi connectivity index (χ0n) is 4.35. The Labute approximate surface area is 43.7 Å². The number of hydrogen-bond donors (Lipinski definition) is 0. The predicted octanol–water partition coefficient (Wildman–Crippen LogP) is 0.845. The fraction of sp³-hybridized carbons (Fsp3) is 0.500. The lowest BCUT2D eigenvalue weighted by molar-refractivity contribution is -0.108. The molecule has 0 radical (unpaired) electrons. The van der Waals surface area contributed by atoms with Crippen molar-refractivity contribution in [3.63, 3.8) is 0 Å². The summed E-state index contributed by atoms with van der Waals surface area (Å²) in [5.74, 6) is 2.54. The lowest BCUT2D eigenvalue weighted by Gasteiger charge is -1.89. The second-order valence-electron chi connectivity index (χ2n) is 1.47. The topological polar surface area (TPSA) is 17.1 Å². The zero-order valence-corrected chi connectivity index (χ0v) is 4.35. The van der Waals surface area contributed by atoms with E-state index >= 15 is 0 Å². The summed E-state index contributed by atoms with van der Waals surface area (Å²) in [5, 5.41) is 0. The van der Waals surface area contributed by atoms with Gasteiger partial charge in [0.15, 0.2) is 0 Å². The SMILES string of the molecule is C#CC(C)CC=O. The third-order valence-corrected chi connectivity index (χ3v) is 0.734. The van der Waals surface area contributed by atoms with Crippen LogP contribution in [0.4, 0.5) is 0 Å². The molecule has 0 aromatic carbocycles. The number of carbonyl (C=O) groups is 1. The van der Waals surface area contributed by atoms with Gasteiger partial charge in [-0.2, -0.15) is 0 Å². The van der Waals surface area contributed by atoms with Gasteiger partial charge in [-0.25, -0.2) is 0 Å². The van der Waals surface area contributed by atoms with Crippen LogP contribution < -0.4 is 0 Å². The van der Waals surface area contributed by atoms with Gasteiger partial charge in [-0.1, -0.05) is 6.92 Å². The summed E-state index contributed by atoms with van der Waals surface area (Å²) >= 11 is 0. The van der Waals surface area contributed by atoms with Gasteiger partial charge in [0.1, 0.15) is 6.29 Å². The summed E-state index contributed by atoms with van der Waals surface area (Å²) < 4.78 is 0. The highest BCUT2D eigenvalue weighted by Gasteiger charge is 1.90. The number of terminal acetylenes is 1. The second-order valence-corrected chi connectivity index (χ2v) is 1.47. The summed E-state index contributed by atoms with van der Waals surface area (Å²) in [6.45, 7) is 1.84. The molecule has 0 aliphatic rings. The maximum atomic E-state index is 9.68. The van der Waals surface area contributed by atoms with E-state index in [0.717, 1.165) is 6.29 Å². The van der Waals surface area contributed by atoms with Crippen LogP contribution in [-0.4, -0.2) is 6.29 Å². The minimum absolute atomic E-state index is 0.109. The second kappa shape index (κ2) is 3.42. The molecule has 1 atom stereocenters. The van der Waals surface area contributed by atoms with Crippen molar-refractivity contribution in [2.45, 2.75) is 13.3 Å². The summed E-state index contributed by atoms with van der Waals surface area (Å²) in [6, 6.07) is 0. The van der Waals surface area contributed by atoms with Crippen LogP contribution in [0.1, 0.15) is 13.3 Å². The van der Waals surface area contributed by atoms with Crippen LogP contribution >= 0.6 is 0 Å². The first-order chi connectivity index (χ1) is 3.31. The van der Waals surface area contributed by atoms with E-state index in [1.54, 1.807) is 0 Å². The summed E-state index contributed by atoms with van der Waals surface area (Å²) in [7, 11) is 0. The average Bonchev–Trinajstić information content (AvgIpc) is 1.68. The average molecular weight is 96.1 g/mol. The van der Waals surface area contributed by atoms with E-state index in [2.05, 4.69) is 5.92 Å². The lowest BCUT2D eigenvalue weighted by Crippen LogP contribution is -1.88. The molecule has 0 amide bonds. The molecule has 38 valence electrons. The molecule has 1 nitrogen and oxygen atoms in total. The first-order valence-corrected chi connectivity index (χ1v) is 2.21. The fourth-order valence-electron chi connectivity index (χ4n) is 0.212. The van der Waals surface area contributed by atoms with E-state index < -0.39 is 0 Å². The Morgan fingerprint density at radius 2 is 2.57 bits per heavy atom. The minimum Gasteiger partial charge on any atom is -0.303 e. The number of rotatable bonds is 2. The highest BCUT2D eigenvalue weighted by Crippen LogP contribution is 1.93. The van der Waals surface area contributed by atoms with Crippen molar-refractivity contribution in [2.75, 3.05) is 0 Å². The van der Waals surface area contributed by atoms with Crippen LogP contribution in [-0.2, 0) is 4.79 Å². The van der Waals surface area contributed by atoms with Crippen molar-refractivity contribution in [2.24, 2.45) is 5.92 Å². The Morgan fingerprint density at radius 3 is 2.71 bits per heavy atom. The zero-order chi connectivity index (χ0) is 5.70. The molecule has 0 aromatic rings. The first-order valence-electron chi connectivity index (χ1n) is 2.21. The van der Waals surface area contributed by atoms with E-state index in [1.807, 2.05) is 6.92 Å². The minimum atomic E-state index is 0.109. The quantitative estimate of drug-likeness (QED) is 0.368. The van der Waals surface area contributed by atoms with Gasteiger partial charge in [-0.3, -0.25) is 0 Å². The van der Waals surface area contributed by atoms with Gasteiger partial charge in [0.05, 0.1) is 0 Å². The molecule has 1 heteroatoms. The van der Waals surface area contributed by atoms with Crippen molar-refractivity contribution in [3.8, 4) is 12.3 Å². The van der Waals surface area contributed by atoms with Gasteiger partial charge in [0, 0.05) is 12.3 Å². The van der Waals surface area contributed by atoms with Crippen LogP contribution in [0, 0.1) is 18.3 Å². The molecular formula is C6H8O. The highest BCUT2D eigenvalue weighted by atomic mass is 16.1. The van der Waals surface area contributed by atoms with Crippen LogP contribution in [0.5, 0.6) is 0 Å². The molecule has 0 aromatic heterocycles. The molecule has 7 heavy (non-hydrogen) atoms. The molecule has 0 bridgehead atoms. The largest absolute Gasteiger partial charge is 0.303 e. The van der Waals surface area contributed by atoms with Gasteiger partial charge < -0.3 is 4.79 Å². The normalized spacial score (nSPS) is 12.0. The molecule has 0 fully saturated rings. The molecule has 0 aliphatic carbocycles. The van der Waals surface area contributed by atoms with Gasteiger partial charge in [0.2, 0.25) is 0 Å². The van der Waals surface area contributed by atoms with Crippen molar-refractivity contribution >= 4 is 6.29 Å². The molecule has 0 spiro atoms. The summed E-state index contributed by atoms with van der Waals surface area (Å²) in [5.41, 5.74) is 0. The molecule has 0 heterocycles. The van der Waals surface area contributed by atoms with E-state index in [1.165, 1.54) is 0 Å². The molecule has 0 rings (SSSR count). The number of hydrogen-bond acceptors (Lipinski definition) is 1. The van der Waals surface area contributed by atoms with Crippen LogP contribution in [0.25, 0.3) is 0 Å². The Bertz CT molecular complexity index is 88.8. The third kappa shape index (κ3) is 3.05. The molecular weight excluding hydrogens is 88.1 g/mol. The molecule has 0 N–H and O–H groups in total. The van der Waals surface area contributed by atoms with E-state index in [9.17, 15) is 4.79 Å². The molecule has 0 saturated carbocycles. The Hall–Kier alpha value is -0.770. The van der Waals surface area contributed by atoms with Crippen LogP contribution in [0.15, 0.2) is 0 Å². The Morgan fingerprint density at radius 1 is 2.00 bits per heavy atom. The fourth-order valence-corrected chi connectivity index (χ4v) is 0.212. The van der Waals surface area contributed by atoms with Crippen molar-refractivity contribution < 1.29 is 4.79 Å². The van der Waals surface area contributed by atoms with Crippen LogP contribution in [0.2, 0.25) is 0 Å². The van der Waals surface area contributed by atoms with Gasteiger partial charge in [-0.15, -0.1) is 12.3 Å². The standard InChI is InChI=1S/C6H8O/c1-3-6(2)4-5-7/h1,5-6H,4H2,2H3.